The van der Waals surface area contributed by atoms with Gasteiger partial charge in [-0.3, -0.25) is 4.57 Å². The number of aryl methyl sites for hydroxylation is 2. The Hall–Kier alpha value is -6.07. The monoisotopic (exact) mass is 600 g/mol. The van der Waals surface area contributed by atoms with Crippen molar-refractivity contribution < 1.29 is 12.3 Å². The molecule has 9 aromatic rings. The van der Waals surface area contributed by atoms with E-state index in [9.17, 15) is 0 Å². The molecule has 218 valence electrons. The van der Waals surface area contributed by atoms with Crippen molar-refractivity contribution in [2.75, 3.05) is 0 Å². The normalized spacial score (nSPS) is 14.4. The van der Waals surface area contributed by atoms with Gasteiger partial charge in [0.05, 0.1) is 40.1 Å². The minimum Gasteiger partial charge on any atom is -0.309 e. The van der Waals surface area contributed by atoms with Gasteiger partial charge in [0.25, 0.3) is 0 Å². The molecule has 46 heavy (non-hydrogen) atoms. The van der Waals surface area contributed by atoms with Crippen molar-refractivity contribution in [3.05, 3.63) is 150 Å². The van der Waals surface area contributed by atoms with E-state index in [4.69, 9.17) is 27.3 Å². The molecule has 0 saturated carbocycles. The second kappa shape index (κ2) is 10.2. The van der Waals surface area contributed by atoms with Crippen molar-refractivity contribution in [3.63, 3.8) is 0 Å². The average molecular weight is 601 g/mol. The van der Waals surface area contributed by atoms with E-state index >= 15 is 0 Å². The van der Waals surface area contributed by atoms with Crippen molar-refractivity contribution in [3.8, 4) is 34.4 Å². The first-order valence-corrected chi connectivity index (χ1v) is 14.8. The summed E-state index contributed by atoms with van der Waals surface area (Å²) < 4.78 is 81.4. The molecule has 0 aliphatic heterocycles. The van der Waals surface area contributed by atoms with Crippen LogP contribution in [0.2, 0.25) is 0 Å². The Balaban J connectivity index is 1.42. The molecule has 5 heteroatoms. The predicted octanol–water partition coefficient (Wildman–Crippen LogP) is 10.0. The van der Waals surface area contributed by atoms with E-state index in [2.05, 4.69) is 12.1 Å². The lowest BCUT2D eigenvalue weighted by atomic mass is 10.1. The van der Waals surface area contributed by atoms with E-state index < -0.39 is 30.2 Å². The highest BCUT2D eigenvalue weighted by molar-refractivity contribution is 6.10. The van der Waals surface area contributed by atoms with Crippen LogP contribution in [0.4, 0.5) is 0 Å². The van der Waals surface area contributed by atoms with Crippen LogP contribution in [0.1, 0.15) is 23.5 Å². The van der Waals surface area contributed by atoms with Crippen LogP contribution in [-0.2, 0) is 0 Å². The van der Waals surface area contributed by atoms with Crippen LogP contribution >= 0.6 is 0 Å². The predicted molar refractivity (Wildman–Crippen MR) is 189 cm³/mol. The Bertz CT molecular complexity index is 3040. The van der Waals surface area contributed by atoms with Gasteiger partial charge < -0.3 is 4.57 Å². The maximum absolute atomic E-state index is 9.04. The van der Waals surface area contributed by atoms with E-state index in [0.717, 1.165) is 32.9 Å². The molecule has 6 aromatic carbocycles. The fourth-order valence-electron chi connectivity index (χ4n) is 6.30. The first-order chi connectivity index (χ1) is 26.4. The minimum atomic E-state index is -0.539. The SMILES string of the molecule is [2H]c1c([2H])c([2H])c(-c2nc(-c3ccccc3-n3c4ccccc4c4c([2H])c([2H])c([2H])c([2H])c43)nc(-n3c4ccc(C)cc4c4cc(C)ccc43)n2)c([2H])c1[2H]. The van der Waals surface area contributed by atoms with Crippen LogP contribution < -0.4 is 0 Å². The third-order valence-corrected chi connectivity index (χ3v) is 8.31. The highest BCUT2D eigenvalue weighted by Crippen LogP contribution is 2.37. The number of hydrogen-bond donors (Lipinski definition) is 0. The van der Waals surface area contributed by atoms with E-state index in [0.29, 0.717) is 27.5 Å². The van der Waals surface area contributed by atoms with Gasteiger partial charge in [-0.2, -0.15) is 9.97 Å². The van der Waals surface area contributed by atoms with Crippen molar-refractivity contribution in [1.29, 1.82) is 0 Å². The standard InChI is InChI=1S/C41H29N5/c1-26-20-22-37-32(24-26)33-25-27(2)21-23-38(33)46(37)41-43-39(28-12-4-3-5-13-28)42-40(44-41)31-16-8-11-19-36(31)45-34-17-9-6-14-29(34)30-15-7-10-18-35(30)45/h3-25H,1-2H3/i3D,4D,5D,6D,9D,12D,13D,14D,17D. The summed E-state index contributed by atoms with van der Waals surface area (Å²) in [5, 5.41) is 2.92. The second-order valence-electron chi connectivity index (χ2n) is 11.3. The molecular formula is C41H29N5. The third kappa shape index (κ3) is 4.06. The molecule has 0 radical (unpaired) electrons. The van der Waals surface area contributed by atoms with E-state index in [1.165, 1.54) is 0 Å². The van der Waals surface area contributed by atoms with Crippen LogP contribution in [0.15, 0.2) is 139 Å². The number of nitrogens with zero attached hydrogens (tertiary/aromatic N) is 5. The Morgan fingerprint density at radius 2 is 1.13 bits per heavy atom. The van der Waals surface area contributed by atoms with E-state index in [-0.39, 0.29) is 52.8 Å². The lowest BCUT2D eigenvalue weighted by Gasteiger charge is -2.15. The highest BCUT2D eigenvalue weighted by Gasteiger charge is 2.21. The summed E-state index contributed by atoms with van der Waals surface area (Å²) in [6.45, 7) is 4.03. The molecule has 0 aliphatic carbocycles. The molecule has 0 amide bonds. The summed E-state index contributed by atoms with van der Waals surface area (Å²) in [6, 6.07) is 23.0. The minimum absolute atomic E-state index is 0.114. The fourth-order valence-corrected chi connectivity index (χ4v) is 6.30. The van der Waals surface area contributed by atoms with Crippen molar-refractivity contribution in [2.24, 2.45) is 0 Å². The Kier molecular flexibility index (Phi) is 4.16. The molecule has 0 aliphatic rings. The van der Waals surface area contributed by atoms with Crippen LogP contribution in [0.25, 0.3) is 78.0 Å². The van der Waals surface area contributed by atoms with E-state index in [1.54, 1.807) is 22.8 Å². The molecule has 0 fully saturated rings. The second-order valence-corrected chi connectivity index (χ2v) is 11.3. The molecule has 3 aromatic heterocycles. The summed E-state index contributed by atoms with van der Waals surface area (Å²) in [4.78, 5) is 14.8. The van der Waals surface area contributed by atoms with Gasteiger partial charge in [-0.1, -0.05) is 102 Å². The maximum atomic E-state index is 9.04. The van der Waals surface area contributed by atoms with Crippen molar-refractivity contribution >= 4 is 43.6 Å². The van der Waals surface area contributed by atoms with Gasteiger partial charge in [0.15, 0.2) is 11.6 Å². The Morgan fingerprint density at radius 1 is 0.500 bits per heavy atom. The van der Waals surface area contributed by atoms with E-state index in [1.807, 2.05) is 73.0 Å². The Labute approximate surface area is 278 Å². The molecule has 0 unspecified atom stereocenters. The molecule has 0 saturated heterocycles. The lowest BCUT2D eigenvalue weighted by molar-refractivity contribution is 0.951. The van der Waals surface area contributed by atoms with Crippen LogP contribution in [0.3, 0.4) is 0 Å². The van der Waals surface area contributed by atoms with Gasteiger partial charge in [0.2, 0.25) is 5.95 Å². The van der Waals surface area contributed by atoms with Gasteiger partial charge in [-0.15, -0.1) is 0 Å². The van der Waals surface area contributed by atoms with Crippen LogP contribution in [0, 0.1) is 13.8 Å². The summed E-state index contributed by atoms with van der Waals surface area (Å²) in [6.07, 6.45) is 0. The van der Waals surface area contributed by atoms with Crippen LogP contribution in [0.5, 0.6) is 0 Å². The zero-order valence-electron chi connectivity index (χ0n) is 33.8. The summed E-state index contributed by atoms with van der Waals surface area (Å²) in [5.74, 6) is 0.132. The first-order valence-electron chi connectivity index (χ1n) is 19.3. The molecule has 0 atom stereocenters. The zero-order chi connectivity index (χ0) is 38.6. The molecule has 5 nitrogen and oxygen atoms in total. The molecule has 0 bridgehead atoms. The smallest absolute Gasteiger partial charge is 0.238 e. The number of aromatic nitrogens is 5. The number of benzene rings is 6. The fraction of sp³-hybridized carbons (Fsp3) is 0.0488. The molecule has 3 heterocycles. The average Bonchev–Trinajstić information content (AvgIpc) is 3.70. The largest absolute Gasteiger partial charge is 0.309 e. The topological polar surface area (TPSA) is 48.5 Å². The third-order valence-electron chi connectivity index (χ3n) is 8.31. The number of fused-ring (bicyclic) bond motifs is 6. The van der Waals surface area contributed by atoms with Crippen molar-refractivity contribution in [1.82, 2.24) is 24.1 Å². The summed E-state index contributed by atoms with van der Waals surface area (Å²) in [7, 11) is 0. The van der Waals surface area contributed by atoms with Crippen molar-refractivity contribution in [2.45, 2.75) is 13.8 Å². The number of para-hydroxylation sites is 3. The zero-order valence-corrected chi connectivity index (χ0v) is 24.8. The van der Waals surface area contributed by atoms with Gasteiger partial charge in [0, 0.05) is 32.7 Å². The summed E-state index contributed by atoms with van der Waals surface area (Å²) in [5.41, 5.74) is 5.36. The lowest BCUT2D eigenvalue weighted by Crippen LogP contribution is -2.07. The maximum Gasteiger partial charge on any atom is 0.238 e. The number of rotatable bonds is 4. The molecule has 0 spiro atoms. The first kappa shape index (κ1) is 18.7. The quantitative estimate of drug-likeness (QED) is 0.202. The highest BCUT2D eigenvalue weighted by atomic mass is 15.2. The van der Waals surface area contributed by atoms with Gasteiger partial charge >= 0.3 is 0 Å². The van der Waals surface area contributed by atoms with Gasteiger partial charge in [-0.05, 0) is 62.4 Å². The number of hydrogen-bond acceptors (Lipinski definition) is 3. The molecular weight excluding hydrogens is 562 g/mol. The summed E-state index contributed by atoms with van der Waals surface area (Å²) >= 11 is 0. The van der Waals surface area contributed by atoms with Gasteiger partial charge in [0.1, 0.15) is 0 Å². The Morgan fingerprint density at radius 3 is 1.91 bits per heavy atom. The van der Waals surface area contributed by atoms with Crippen LogP contribution in [-0.4, -0.2) is 24.1 Å². The molecule has 0 N–H and O–H groups in total. The van der Waals surface area contributed by atoms with Gasteiger partial charge in [-0.25, -0.2) is 4.98 Å². The molecule has 9 rings (SSSR count).